The van der Waals surface area contributed by atoms with Gasteiger partial charge in [0, 0.05) is 13.1 Å². The van der Waals surface area contributed by atoms with Crippen molar-refractivity contribution in [3.05, 3.63) is 34.9 Å². The molecule has 0 fully saturated rings. The summed E-state index contributed by atoms with van der Waals surface area (Å²) in [6, 6.07) is 6.38. The number of fused-ring (bicyclic) bond motifs is 1. The van der Waals surface area contributed by atoms with E-state index in [-0.39, 0.29) is 0 Å². The minimum absolute atomic E-state index is 0.900. The lowest BCUT2D eigenvalue weighted by Gasteiger charge is -2.03. The number of nitrogens with two attached hydrogens (primary N) is 1. The fraction of sp³-hybridized carbons (Fsp3) is 0.333. The third-order valence-electron chi connectivity index (χ3n) is 2.24. The van der Waals surface area contributed by atoms with Crippen LogP contribution in [0.15, 0.2) is 18.2 Å². The van der Waals surface area contributed by atoms with Crippen LogP contribution in [0.1, 0.15) is 16.7 Å². The summed E-state index contributed by atoms with van der Waals surface area (Å²) in [4.78, 5) is 0. The van der Waals surface area contributed by atoms with Crippen LogP contribution in [-0.2, 0) is 13.1 Å². The number of hydrogen-bond acceptors (Lipinski definition) is 2. The second kappa shape index (κ2) is 2.32. The first-order valence-electron chi connectivity index (χ1n) is 3.84. The zero-order valence-electron chi connectivity index (χ0n) is 6.67. The van der Waals surface area contributed by atoms with Crippen LogP contribution in [0, 0.1) is 6.92 Å². The van der Waals surface area contributed by atoms with Gasteiger partial charge < -0.3 is 0 Å². The Bertz CT molecular complexity index is 281. The SMILES string of the molecule is Cc1cccc2c1CN(N)C2. The lowest BCUT2D eigenvalue weighted by Crippen LogP contribution is -2.23. The molecule has 2 N–H and O–H groups in total. The van der Waals surface area contributed by atoms with E-state index in [9.17, 15) is 0 Å². The van der Waals surface area contributed by atoms with Gasteiger partial charge in [0.05, 0.1) is 0 Å². The topological polar surface area (TPSA) is 29.3 Å². The Morgan fingerprint density at radius 3 is 2.91 bits per heavy atom. The van der Waals surface area contributed by atoms with E-state index in [1.807, 2.05) is 5.01 Å². The molecule has 0 saturated carbocycles. The fourth-order valence-electron chi connectivity index (χ4n) is 1.62. The van der Waals surface area contributed by atoms with Crippen LogP contribution in [0.4, 0.5) is 0 Å². The van der Waals surface area contributed by atoms with Crippen molar-refractivity contribution < 1.29 is 0 Å². The van der Waals surface area contributed by atoms with Crippen LogP contribution in [0.3, 0.4) is 0 Å². The van der Waals surface area contributed by atoms with Crippen molar-refractivity contribution in [1.29, 1.82) is 0 Å². The first-order valence-corrected chi connectivity index (χ1v) is 3.84. The second-order valence-corrected chi connectivity index (χ2v) is 3.12. The average Bonchev–Trinajstić information content (AvgIpc) is 2.31. The molecular formula is C9H12N2. The Kier molecular flexibility index (Phi) is 1.44. The molecule has 2 heteroatoms. The molecule has 58 valence electrons. The molecule has 0 amide bonds. The van der Waals surface area contributed by atoms with Crippen molar-refractivity contribution in [2.24, 2.45) is 5.84 Å². The molecule has 0 aliphatic carbocycles. The Morgan fingerprint density at radius 1 is 1.36 bits per heavy atom. The molecule has 2 nitrogen and oxygen atoms in total. The van der Waals surface area contributed by atoms with Gasteiger partial charge in [-0.25, -0.2) is 5.01 Å². The zero-order valence-corrected chi connectivity index (χ0v) is 6.67. The first-order chi connectivity index (χ1) is 5.27. The maximum atomic E-state index is 5.69. The van der Waals surface area contributed by atoms with Gasteiger partial charge >= 0.3 is 0 Å². The van der Waals surface area contributed by atoms with Crippen molar-refractivity contribution in [1.82, 2.24) is 5.01 Å². The van der Waals surface area contributed by atoms with E-state index in [0.717, 1.165) is 13.1 Å². The molecule has 11 heavy (non-hydrogen) atoms. The third-order valence-corrected chi connectivity index (χ3v) is 2.24. The summed E-state index contributed by atoms with van der Waals surface area (Å²) >= 11 is 0. The second-order valence-electron chi connectivity index (χ2n) is 3.12. The number of hydrogen-bond donors (Lipinski definition) is 1. The van der Waals surface area contributed by atoms with Gasteiger partial charge in [-0.15, -0.1) is 0 Å². The molecule has 0 atom stereocenters. The summed E-state index contributed by atoms with van der Waals surface area (Å²) in [5, 5.41) is 1.84. The monoisotopic (exact) mass is 148 g/mol. The summed E-state index contributed by atoms with van der Waals surface area (Å²) in [6.45, 7) is 3.94. The number of nitrogens with zero attached hydrogens (tertiary/aromatic N) is 1. The van der Waals surface area contributed by atoms with Gasteiger partial charge in [0.15, 0.2) is 0 Å². The van der Waals surface area contributed by atoms with E-state index >= 15 is 0 Å². The minimum Gasteiger partial charge on any atom is -0.268 e. The summed E-state index contributed by atoms with van der Waals surface area (Å²) in [5.41, 5.74) is 4.15. The van der Waals surface area contributed by atoms with E-state index in [4.69, 9.17) is 5.84 Å². The van der Waals surface area contributed by atoms with Gasteiger partial charge in [-0.05, 0) is 23.6 Å². The lowest BCUT2D eigenvalue weighted by atomic mass is 10.1. The van der Waals surface area contributed by atoms with Crippen molar-refractivity contribution in [3.63, 3.8) is 0 Å². The Labute approximate surface area is 66.6 Å². The highest BCUT2D eigenvalue weighted by atomic mass is 15.4. The van der Waals surface area contributed by atoms with Crippen LogP contribution in [0.5, 0.6) is 0 Å². The highest BCUT2D eigenvalue weighted by Crippen LogP contribution is 2.22. The molecule has 1 aromatic carbocycles. The predicted molar refractivity (Wildman–Crippen MR) is 44.6 cm³/mol. The van der Waals surface area contributed by atoms with Crippen molar-refractivity contribution in [3.8, 4) is 0 Å². The van der Waals surface area contributed by atoms with Gasteiger partial charge in [-0.2, -0.15) is 0 Å². The van der Waals surface area contributed by atoms with Crippen molar-refractivity contribution in [2.75, 3.05) is 0 Å². The largest absolute Gasteiger partial charge is 0.268 e. The quantitative estimate of drug-likeness (QED) is 0.560. The molecule has 0 spiro atoms. The number of benzene rings is 1. The molecule has 0 radical (unpaired) electrons. The molecule has 1 heterocycles. The molecular weight excluding hydrogens is 136 g/mol. The van der Waals surface area contributed by atoms with Crippen molar-refractivity contribution in [2.45, 2.75) is 20.0 Å². The third kappa shape index (κ3) is 1.04. The van der Waals surface area contributed by atoms with Crippen molar-refractivity contribution >= 4 is 0 Å². The Hall–Kier alpha value is -0.860. The smallest absolute Gasteiger partial charge is 0.0389 e. The maximum Gasteiger partial charge on any atom is 0.0389 e. The van der Waals surface area contributed by atoms with E-state index in [1.165, 1.54) is 16.7 Å². The highest BCUT2D eigenvalue weighted by molar-refractivity contribution is 5.36. The number of rotatable bonds is 0. The van der Waals surface area contributed by atoms with Crippen LogP contribution < -0.4 is 5.84 Å². The standard InChI is InChI=1S/C9H12N2/c1-7-3-2-4-8-5-11(10)6-9(7)8/h2-4H,5-6,10H2,1H3. The number of aryl methyl sites for hydroxylation is 1. The summed E-state index contributed by atoms with van der Waals surface area (Å²) < 4.78 is 0. The molecule has 0 bridgehead atoms. The first kappa shape index (κ1) is 6.83. The lowest BCUT2D eigenvalue weighted by molar-refractivity contribution is 0.295. The highest BCUT2D eigenvalue weighted by Gasteiger charge is 2.16. The Morgan fingerprint density at radius 2 is 2.18 bits per heavy atom. The van der Waals surface area contributed by atoms with Crippen LogP contribution in [-0.4, -0.2) is 5.01 Å². The van der Waals surface area contributed by atoms with Gasteiger partial charge in [-0.3, -0.25) is 5.84 Å². The van der Waals surface area contributed by atoms with Crippen LogP contribution >= 0.6 is 0 Å². The van der Waals surface area contributed by atoms with Crippen LogP contribution in [0.25, 0.3) is 0 Å². The summed E-state index contributed by atoms with van der Waals surface area (Å²) in [6.07, 6.45) is 0. The normalized spacial score (nSPS) is 16.9. The van der Waals surface area contributed by atoms with E-state index in [1.54, 1.807) is 0 Å². The molecule has 1 aliphatic heterocycles. The maximum absolute atomic E-state index is 5.69. The minimum atomic E-state index is 0.900. The van der Waals surface area contributed by atoms with E-state index < -0.39 is 0 Å². The van der Waals surface area contributed by atoms with Crippen LogP contribution in [0.2, 0.25) is 0 Å². The zero-order chi connectivity index (χ0) is 7.84. The van der Waals surface area contributed by atoms with Gasteiger partial charge in [0.25, 0.3) is 0 Å². The molecule has 0 unspecified atom stereocenters. The summed E-state index contributed by atoms with van der Waals surface area (Å²) in [5.74, 6) is 5.69. The summed E-state index contributed by atoms with van der Waals surface area (Å²) in [7, 11) is 0. The fourth-order valence-corrected chi connectivity index (χ4v) is 1.62. The van der Waals surface area contributed by atoms with Gasteiger partial charge in [-0.1, -0.05) is 18.2 Å². The molecule has 2 rings (SSSR count). The molecule has 1 aliphatic rings. The van der Waals surface area contributed by atoms with E-state index in [2.05, 4.69) is 25.1 Å². The Balaban J connectivity index is 2.49. The van der Waals surface area contributed by atoms with Gasteiger partial charge in [0.1, 0.15) is 0 Å². The van der Waals surface area contributed by atoms with E-state index in [0.29, 0.717) is 0 Å². The van der Waals surface area contributed by atoms with Gasteiger partial charge in [0.2, 0.25) is 0 Å². The molecule has 1 aromatic rings. The number of hydrazine groups is 1. The molecule has 0 saturated heterocycles. The average molecular weight is 148 g/mol. The molecule has 0 aromatic heterocycles. The predicted octanol–water partition coefficient (Wildman–Crippen LogP) is 1.18.